The van der Waals surface area contributed by atoms with Crippen LogP contribution in [0.25, 0.3) is 10.9 Å². The fourth-order valence-corrected chi connectivity index (χ4v) is 2.23. The van der Waals surface area contributed by atoms with Crippen LogP contribution in [0.15, 0.2) is 24.4 Å². The molecule has 6 heteroatoms. The van der Waals surface area contributed by atoms with E-state index in [1.807, 2.05) is 0 Å². The summed E-state index contributed by atoms with van der Waals surface area (Å²) in [6.07, 6.45) is 3.25. The van der Waals surface area contributed by atoms with Crippen molar-refractivity contribution in [2.75, 3.05) is 0 Å². The molecular formula is C13H11N3O3. The number of carbonyl (C=O) groups excluding carboxylic acids is 3. The van der Waals surface area contributed by atoms with Crippen molar-refractivity contribution in [1.82, 2.24) is 15.1 Å². The smallest absolute Gasteiger partial charge is 0.251 e. The minimum Gasteiger partial charge on any atom is -0.298 e. The molecule has 0 saturated carbocycles. The molecule has 2 heterocycles. The molecule has 0 aliphatic carbocycles. The third-order valence-corrected chi connectivity index (χ3v) is 3.21. The zero-order chi connectivity index (χ0) is 13.4. The van der Waals surface area contributed by atoms with Gasteiger partial charge in [-0.3, -0.25) is 24.4 Å². The zero-order valence-electron chi connectivity index (χ0n) is 10.00. The Morgan fingerprint density at radius 3 is 2.95 bits per heavy atom. The molecule has 19 heavy (non-hydrogen) atoms. The number of aromatic nitrogens is 2. The molecule has 96 valence electrons. The summed E-state index contributed by atoms with van der Waals surface area (Å²) in [4.78, 5) is 33.6. The molecule has 0 spiro atoms. The highest BCUT2D eigenvalue weighted by atomic mass is 16.2. The maximum Gasteiger partial charge on any atom is 0.251 e. The first-order chi connectivity index (χ1) is 9.17. The van der Waals surface area contributed by atoms with Gasteiger partial charge < -0.3 is 0 Å². The zero-order valence-corrected chi connectivity index (χ0v) is 10.00. The number of hydrogen-bond donors (Lipinski definition) is 1. The summed E-state index contributed by atoms with van der Waals surface area (Å²) in [5, 5.41) is 7.42. The van der Waals surface area contributed by atoms with E-state index >= 15 is 0 Å². The standard InChI is InChI=1S/C13H11N3O3/c17-7-8-1-2-10-9(5-8)6-16(15-10)11-3-4-12(18)14-13(11)19/h1-2,5-7,11H,3-4H2,(H,14,18,19). The van der Waals surface area contributed by atoms with Crippen molar-refractivity contribution < 1.29 is 14.4 Å². The maximum absolute atomic E-state index is 11.8. The summed E-state index contributed by atoms with van der Waals surface area (Å²) >= 11 is 0. The van der Waals surface area contributed by atoms with Crippen LogP contribution < -0.4 is 5.32 Å². The summed E-state index contributed by atoms with van der Waals surface area (Å²) in [5.74, 6) is -0.583. The third-order valence-electron chi connectivity index (χ3n) is 3.21. The average molecular weight is 257 g/mol. The highest BCUT2D eigenvalue weighted by Gasteiger charge is 2.28. The number of benzene rings is 1. The van der Waals surface area contributed by atoms with Crippen LogP contribution in [-0.2, 0) is 9.59 Å². The fourth-order valence-electron chi connectivity index (χ4n) is 2.23. The highest BCUT2D eigenvalue weighted by molar-refractivity contribution is 5.99. The average Bonchev–Trinajstić information content (AvgIpc) is 2.80. The second-order valence-corrected chi connectivity index (χ2v) is 4.51. The Labute approximate surface area is 108 Å². The minimum absolute atomic E-state index is 0.249. The van der Waals surface area contributed by atoms with Gasteiger partial charge in [0.1, 0.15) is 12.3 Å². The van der Waals surface area contributed by atoms with Gasteiger partial charge in [0.2, 0.25) is 5.91 Å². The number of nitrogens with one attached hydrogen (secondary N) is 1. The number of aldehydes is 1. The van der Waals surface area contributed by atoms with Gasteiger partial charge in [0.25, 0.3) is 5.91 Å². The Morgan fingerprint density at radius 2 is 2.21 bits per heavy atom. The second kappa shape index (κ2) is 4.31. The molecule has 2 amide bonds. The number of fused-ring (bicyclic) bond motifs is 1. The molecule has 0 bridgehead atoms. The van der Waals surface area contributed by atoms with E-state index in [2.05, 4.69) is 10.4 Å². The molecule has 1 unspecified atom stereocenters. The molecule has 1 aliphatic heterocycles. The lowest BCUT2D eigenvalue weighted by atomic mass is 10.1. The predicted octanol–water partition coefficient (Wildman–Crippen LogP) is 0.826. The number of piperidine rings is 1. The van der Waals surface area contributed by atoms with Crippen LogP contribution in [0.5, 0.6) is 0 Å². The van der Waals surface area contributed by atoms with E-state index in [9.17, 15) is 14.4 Å². The molecular weight excluding hydrogens is 246 g/mol. The minimum atomic E-state index is -0.468. The summed E-state index contributed by atoms with van der Waals surface area (Å²) in [6, 6.07) is 4.67. The van der Waals surface area contributed by atoms with Crippen LogP contribution >= 0.6 is 0 Å². The van der Waals surface area contributed by atoms with Gasteiger partial charge in [-0.2, -0.15) is 5.10 Å². The van der Waals surface area contributed by atoms with Gasteiger partial charge in [-0.15, -0.1) is 0 Å². The van der Waals surface area contributed by atoms with Gasteiger partial charge in [0.15, 0.2) is 0 Å². The van der Waals surface area contributed by atoms with Crippen LogP contribution in [0.3, 0.4) is 0 Å². The number of imide groups is 1. The molecule has 3 rings (SSSR count). The maximum atomic E-state index is 11.8. The van der Waals surface area contributed by atoms with Crippen molar-refractivity contribution in [1.29, 1.82) is 0 Å². The van der Waals surface area contributed by atoms with Crippen LogP contribution in [0.2, 0.25) is 0 Å². The fraction of sp³-hybridized carbons (Fsp3) is 0.231. The number of nitrogens with zero attached hydrogens (tertiary/aromatic N) is 2. The van der Waals surface area contributed by atoms with Crippen molar-refractivity contribution in [2.24, 2.45) is 0 Å². The van der Waals surface area contributed by atoms with Crippen LogP contribution in [0, 0.1) is 0 Å². The summed E-state index contributed by atoms with van der Waals surface area (Å²) in [5.41, 5.74) is 1.28. The Bertz CT molecular complexity index is 689. The highest BCUT2D eigenvalue weighted by Crippen LogP contribution is 2.21. The summed E-state index contributed by atoms with van der Waals surface area (Å²) in [7, 11) is 0. The lowest BCUT2D eigenvalue weighted by molar-refractivity contribution is -0.135. The van der Waals surface area contributed by atoms with Crippen molar-refractivity contribution in [3.8, 4) is 0 Å². The third kappa shape index (κ3) is 2.01. The van der Waals surface area contributed by atoms with Gasteiger partial charge in [-0.05, 0) is 24.6 Å². The predicted molar refractivity (Wildman–Crippen MR) is 66.5 cm³/mol. The lowest BCUT2D eigenvalue weighted by Gasteiger charge is -2.20. The Balaban J connectivity index is 1.99. The Morgan fingerprint density at radius 1 is 1.37 bits per heavy atom. The molecule has 1 fully saturated rings. The van der Waals surface area contributed by atoms with Crippen LogP contribution in [-0.4, -0.2) is 27.9 Å². The monoisotopic (exact) mass is 257 g/mol. The number of carbonyl (C=O) groups is 3. The number of rotatable bonds is 2. The van der Waals surface area contributed by atoms with Gasteiger partial charge in [-0.1, -0.05) is 0 Å². The van der Waals surface area contributed by atoms with E-state index in [0.29, 0.717) is 18.4 Å². The number of hydrogen-bond acceptors (Lipinski definition) is 4. The SMILES string of the molecule is O=Cc1ccc2nn(C3CCC(=O)NC3=O)cc2c1. The molecule has 1 aliphatic rings. The van der Waals surface area contributed by atoms with E-state index in [1.165, 1.54) is 0 Å². The molecule has 6 nitrogen and oxygen atoms in total. The van der Waals surface area contributed by atoms with Crippen molar-refractivity contribution in [2.45, 2.75) is 18.9 Å². The van der Waals surface area contributed by atoms with Gasteiger partial charge in [0, 0.05) is 23.6 Å². The van der Waals surface area contributed by atoms with Gasteiger partial charge >= 0.3 is 0 Å². The molecule has 1 aromatic heterocycles. The van der Waals surface area contributed by atoms with E-state index in [1.54, 1.807) is 29.1 Å². The largest absolute Gasteiger partial charge is 0.298 e. The quantitative estimate of drug-likeness (QED) is 0.638. The topological polar surface area (TPSA) is 81.1 Å². The van der Waals surface area contributed by atoms with Gasteiger partial charge in [-0.25, -0.2) is 0 Å². The first-order valence-electron chi connectivity index (χ1n) is 5.95. The van der Waals surface area contributed by atoms with Crippen molar-refractivity contribution in [3.05, 3.63) is 30.0 Å². The molecule has 2 aromatic rings. The number of amides is 2. The summed E-state index contributed by atoms with van der Waals surface area (Å²) < 4.78 is 1.56. The molecule has 0 radical (unpaired) electrons. The van der Waals surface area contributed by atoms with Crippen LogP contribution in [0.1, 0.15) is 29.2 Å². The molecule has 1 atom stereocenters. The normalized spacial score (nSPS) is 19.5. The Hall–Kier alpha value is -2.50. The van der Waals surface area contributed by atoms with E-state index in [-0.39, 0.29) is 11.8 Å². The van der Waals surface area contributed by atoms with E-state index in [0.717, 1.165) is 17.2 Å². The first kappa shape index (κ1) is 11.6. The second-order valence-electron chi connectivity index (χ2n) is 4.51. The van der Waals surface area contributed by atoms with E-state index < -0.39 is 6.04 Å². The summed E-state index contributed by atoms with van der Waals surface area (Å²) in [6.45, 7) is 0. The van der Waals surface area contributed by atoms with Gasteiger partial charge in [0.05, 0.1) is 5.52 Å². The lowest BCUT2D eigenvalue weighted by Crippen LogP contribution is -2.41. The first-order valence-corrected chi connectivity index (χ1v) is 5.95. The molecule has 1 N–H and O–H groups in total. The van der Waals surface area contributed by atoms with E-state index in [4.69, 9.17) is 0 Å². The molecule has 1 aromatic carbocycles. The van der Waals surface area contributed by atoms with Crippen molar-refractivity contribution in [3.63, 3.8) is 0 Å². The molecule has 1 saturated heterocycles. The van der Waals surface area contributed by atoms with Crippen molar-refractivity contribution >= 4 is 29.0 Å². The van der Waals surface area contributed by atoms with Crippen LogP contribution in [0.4, 0.5) is 0 Å². The Kier molecular flexibility index (Phi) is 2.63.